The van der Waals surface area contributed by atoms with Gasteiger partial charge in [-0.2, -0.15) is 0 Å². The summed E-state index contributed by atoms with van der Waals surface area (Å²) in [7, 11) is 0. The largest absolute Gasteiger partial charge is 0.455 e. The maximum Gasteiger partial charge on any atom is 0.145 e. The molecule has 0 aliphatic rings. The van der Waals surface area contributed by atoms with Gasteiger partial charge in [0.15, 0.2) is 0 Å². The van der Waals surface area contributed by atoms with Gasteiger partial charge in [0.1, 0.15) is 11.2 Å². The van der Waals surface area contributed by atoms with E-state index in [-0.39, 0.29) is 0 Å². The summed E-state index contributed by atoms with van der Waals surface area (Å²) in [6, 6.07) is 29.9. The lowest BCUT2D eigenvalue weighted by atomic mass is 10.1. The molecule has 0 unspecified atom stereocenters. The Bertz CT molecular complexity index is 1470. The molecule has 0 N–H and O–H groups in total. The normalized spacial score (nSPS) is 11.9. The summed E-state index contributed by atoms with van der Waals surface area (Å²) in [5.74, 6) is 0. The lowest BCUT2D eigenvalue weighted by Crippen LogP contribution is -1.93. The molecule has 2 heteroatoms. The van der Waals surface area contributed by atoms with E-state index in [2.05, 4.69) is 84.3 Å². The van der Waals surface area contributed by atoms with Crippen molar-refractivity contribution in [3.63, 3.8) is 0 Å². The van der Waals surface area contributed by atoms with Crippen LogP contribution in [0.2, 0.25) is 0 Å². The molecule has 0 radical (unpaired) electrons. The van der Waals surface area contributed by atoms with Gasteiger partial charge < -0.3 is 8.98 Å². The molecule has 0 saturated carbocycles. The SMILES string of the molecule is Cc1ccc(-n2c3ccccc3c3c4oc5ccccc5c4ccc32)cc1. The van der Waals surface area contributed by atoms with Crippen molar-refractivity contribution in [2.75, 3.05) is 0 Å². The van der Waals surface area contributed by atoms with Gasteiger partial charge in [-0.3, -0.25) is 0 Å². The molecular weight excluding hydrogens is 330 g/mol. The number of rotatable bonds is 1. The van der Waals surface area contributed by atoms with Crippen LogP contribution in [0, 0.1) is 6.92 Å². The summed E-state index contributed by atoms with van der Waals surface area (Å²) in [6.45, 7) is 2.12. The third kappa shape index (κ3) is 1.95. The second kappa shape index (κ2) is 5.24. The van der Waals surface area contributed by atoms with E-state index in [4.69, 9.17) is 4.42 Å². The van der Waals surface area contributed by atoms with Crippen molar-refractivity contribution >= 4 is 43.7 Å². The van der Waals surface area contributed by atoms with Crippen molar-refractivity contribution in [1.29, 1.82) is 0 Å². The van der Waals surface area contributed by atoms with E-state index in [1.54, 1.807) is 0 Å². The summed E-state index contributed by atoms with van der Waals surface area (Å²) in [4.78, 5) is 0. The van der Waals surface area contributed by atoms with E-state index in [1.807, 2.05) is 12.1 Å². The smallest absolute Gasteiger partial charge is 0.145 e. The second-order valence-corrected chi connectivity index (χ2v) is 7.12. The molecule has 128 valence electrons. The van der Waals surface area contributed by atoms with Crippen LogP contribution in [0.5, 0.6) is 0 Å². The highest BCUT2D eigenvalue weighted by molar-refractivity contribution is 6.23. The monoisotopic (exact) mass is 347 g/mol. The average Bonchev–Trinajstić information content (AvgIpc) is 3.24. The first-order chi connectivity index (χ1) is 13.3. The first-order valence-electron chi connectivity index (χ1n) is 9.22. The Hall–Kier alpha value is -3.52. The first-order valence-corrected chi connectivity index (χ1v) is 9.22. The quantitative estimate of drug-likeness (QED) is 0.313. The summed E-state index contributed by atoms with van der Waals surface area (Å²) in [5.41, 5.74) is 6.71. The molecule has 0 fully saturated rings. The van der Waals surface area contributed by atoms with Crippen molar-refractivity contribution in [3.05, 3.63) is 90.5 Å². The zero-order valence-electron chi connectivity index (χ0n) is 14.9. The van der Waals surface area contributed by atoms with Gasteiger partial charge in [0.2, 0.25) is 0 Å². The van der Waals surface area contributed by atoms with E-state index >= 15 is 0 Å². The molecular formula is C25H17NO. The number of hydrogen-bond donors (Lipinski definition) is 0. The molecule has 0 saturated heterocycles. The van der Waals surface area contributed by atoms with Gasteiger partial charge in [-0.1, -0.05) is 54.1 Å². The topological polar surface area (TPSA) is 18.1 Å². The third-order valence-electron chi connectivity index (χ3n) is 5.47. The molecule has 0 amide bonds. The molecule has 2 nitrogen and oxygen atoms in total. The van der Waals surface area contributed by atoms with Gasteiger partial charge >= 0.3 is 0 Å². The number of furan rings is 1. The van der Waals surface area contributed by atoms with Crippen molar-refractivity contribution in [3.8, 4) is 5.69 Å². The summed E-state index contributed by atoms with van der Waals surface area (Å²) >= 11 is 0. The van der Waals surface area contributed by atoms with Crippen molar-refractivity contribution in [2.24, 2.45) is 0 Å². The minimum absolute atomic E-state index is 0.937. The number of hydrogen-bond acceptors (Lipinski definition) is 1. The fourth-order valence-electron chi connectivity index (χ4n) is 4.21. The second-order valence-electron chi connectivity index (χ2n) is 7.12. The van der Waals surface area contributed by atoms with E-state index in [0.717, 1.165) is 11.2 Å². The van der Waals surface area contributed by atoms with Gasteiger partial charge in [-0.25, -0.2) is 0 Å². The molecule has 0 spiro atoms. The minimum atomic E-state index is 0.937. The van der Waals surface area contributed by atoms with Gasteiger partial charge in [-0.05, 0) is 43.3 Å². The van der Waals surface area contributed by atoms with Gasteiger partial charge in [0.25, 0.3) is 0 Å². The number of benzene rings is 4. The van der Waals surface area contributed by atoms with Crippen LogP contribution in [0.15, 0.2) is 89.3 Å². The van der Waals surface area contributed by atoms with Crippen LogP contribution in [0.3, 0.4) is 0 Å². The Kier molecular flexibility index (Phi) is 2.84. The van der Waals surface area contributed by atoms with Gasteiger partial charge in [0, 0.05) is 21.8 Å². The highest BCUT2D eigenvalue weighted by Gasteiger charge is 2.17. The van der Waals surface area contributed by atoms with Gasteiger partial charge in [-0.15, -0.1) is 0 Å². The zero-order chi connectivity index (χ0) is 18.0. The van der Waals surface area contributed by atoms with Crippen molar-refractivity contribution < 1.29 is 4.42 Å². The van der Waals surface area contributed by atoms with E-state index < -0.39 is 0 Å². The van der Waals surface area contributed by atoms with Crippen molar-refractivity contribution in [1.82, 2.24) is 4.57 Å². The van der Waals surface area contributed by atoms with Gasteiger partial charge in [0.05, 0.1) is 16.4 Å². The van der Waals surface area contributed by atoms with Crippen LogP contribution in [-0.2, 0) is 0 Å². The fraction of sp³-hybridized carbons (Fsp3) is 0.0400. The molecule has 6 aromatic rings. The maximum atomic E-state index is 6.33. The predicted molar refractivity (Wildman–Crippen MR) is 113 cm³/mol. The van der Waals surface area contributed by atoms with E-state index in [9.17, 15) is 0 Å². The highest BCUT2D eigenvalue weighted by atomic mass is 16.3. The Labute approximate surface area is 156 Å². The maximum absolute atomic E-state index is 6.33. The summed E-state index contributed by atoms with van der Waals surface area (Å²) < 4.78 is 8.66. The van der Waals surface area contributed by atoms with Crippen LogP contribution in [0.4, 0.5) is 0 Å². The minimum Gasteiger partial charge on any atom is -0.455 e. The number of aromatic nitrogens is 1. The van der Waals surface area contributed by atoms with Crippen molar-refractivity contribution in [2.45, 2.75) is 6.92 Å². The zero-order valence-corrected chi connectivity index (χ0v) is 14.9. The Morgan fingerprint density at radius 2 is 1.37 bits per heavy atom. The van der Waals surface area contributed by atoms with Crippen LogP contribution in [0.1, 0.15) is 5.56 Å². The molecule has 4 aromatic carbocycles. The molecule has 0 atom stereocenters. The lowest BCUT2D eigenvalue weighted by molar-refractivity contribution is 0.673. The Morgan fingerprint density at radius 1 is 0.630 bits per heavy atom. The summed E-state index contributed by atoms with van der Waals surface area (Å²) in [6.07, 6.45) is 0. The molecule has 0 bridgehead atoms. The summed E-state index contributed by atoms with van der Waals surface area (Å²) in [5, 5.41) is 4.74. The standard InChI is InChI=1S/C25H17NO/c1-16-10-12-17(13-11-16)26-21-8-4-2-7-20(21)24-22(26)15-14-19-18-6-3-5-9-23(18)27-25(19)24/h2-15H,1H3. The van der Waals surface area contributed by atoms with E-state index in [0.29, 0.717) is 0 Å². The number of aryl methyl sites for hydroxylation is 1. The molecule has 0 aliphatic carbocycles. The first kappa shape index (κ1) is 14.6. The molecule has 2 heterocycles. The van der Waals surface area contributed by atoms with Crippen LogP contribution >= 0.6 is 0 Å². The van der Waals surface area contributed by atoms with E-state index in [1.165, 1.54) is 43.8 Å². The van der Waals surface area contributed by atoms with Crippen LogP contribution in [0.25, 0.3) is 49.4 Å². The lowest BCUT2D eigenvalue weighted by Gasteiger charge is -2.08. The number of nitrogens with zero attached hydrogens (tertiary/aromatic N) is 1. The predicted octanol–water partition coefficient (Wildman–Crippen LogP) is 6.99. The third-order valence-corrected chi connectivity index (χ3v) is 5.47. The molecule has 0 aliphatic heterocycles. The Balaban J connectivity index is 1.85. The highest BCUT2D eigenvalue weighted by Crippen LogP contribution is 2.40. The van der Waals surface area contributed by atoms with Crippen LogP contribution < -0.4 is 0 Å². The van der Waals surface area contributed by atoms with Crippen LogP contribution in [-0.4, -0.2) is 4.57 Å². The average molecular weight is 347 g/mol. The fourth-order valence-corrected chi connectivity index (χ4v) is 4.21. The Morgan fingerprint density at radius 3 is 2.22 bits per heavy atom. The molecule has 6 rings (SSSR count). The molecule has 27 heavy (non-hydrogen) atoms. The number of para-hydroxylation sites is 2. The molecule has 2 aromatic heterocycles. The number of fused-ring (bicyclic) bond motifs is 7.